The van der Waals surface area contributed by atoms with E-state index in [1.807, 2.05) is 12.3 Å². The van der Waals surface area contributed by atoms with Gasteiger partial charge in [-0.05, 0) is 31.1 Å². The molecule has 1 heteroatoms. The van der Waals surface area contributed by atoms with Crippen molar-refractivity contribution in [1.82, 2.24) is 4.98 Å². The fourth-order valence-corrected chi connectivity index (χ4v) is 0.902. The predicted octanol–water partition coefficient (Wildman–Crippen LogP) is 2.81. The van der Waals surface area contributed by atoms with E-state index in [0.717, 1.165) is 12.1 Å². The van der Waals surface area contributed by atoms with Crippen LogP contribution in [0.15, 0.2) is 24.4 Å². The molecule has 0 spiro atoms. The number of hydrogen-bond donors (Lipinski definition) is 0. The van der Waals surface area contributed by atoms with Crippen molar-refractivity contribution in [1.29, 1.82) is 0 Å². The molecule has 0 saturated heterocycles. The van der Waals surface area contributed by atoms with Crippen LogP contribution in [-0.2, 0) is 0 Å². The Hall–Kier alpha value is -1.11. The molecule has 1 nitrogen and oxygen atoms in total. The Morgan fingerprint density at radius 1 is 1.55 bits per heavy atom. The van der Waals surface area contributed by atoms with Crippen molar-refractivity contribution < 1.29 is 0 Å². The Morgan fingerprint density at radius 2 is 2.36 bits per heavy atom. The lowest BCUT2D eigenvalue weighted by molar-refractivity contribution is 1.20. The highest BCUT2D eigenvalue weighted by molar-refractivity contribution is 5.48. The van der Waals surface area contributed by atoms with E-state index in [2.05, 4.69) is 37.0 Å². The van der Waals surface area contributed by atoms with E-state index in [9.17, 15) is 0 Å². The molecule has 1 rings (SSSR count). The topological polar surface area (TPSA) is 12.9 Å². The molecule has 1 heterocycles. The first-order chi connectivity index (χ1) is 5.34. The molecule has 1 aromatic rings. The third-order valence-electron chi connectivity index (χ3n) is 1.56. The van der Waals surface area contributed by atoms with Crippen molar-refractivity contribution in [2.75, 3.05) is 0 Å². The second-order valence-corrected chi connectivity index (χ2v) is 2.52. The summed E-state index contributed by atoms with van der Waals surface area (Å²) in [5, 5.41) is 0. The minimum absolute atomic E-state index is 1.07. The Morgan fingerprint density at radius 3 is 3.00 bits per heavy atom. The van der Waals surface area contributed by atoms with Gasteiger partial charge in [-0.25, -0.2) is 0 Å². The average Bonchev–Trinajstić information content (AvgIpc) is 2.03. The molecule has 0 radical (unpaired) electrons. The van der Waals surface area contributed by atoms with E-state index >= 15 is 0 Å². The highest BCUT2D eigenvalue weighted by Crippen LogP contribution is 2.04. The first kappa shape index (κ1) is 7.99. The van der Waals surface area contributed by atoms with Gasteiger partial charge in [0.25, 0.3) is 0 Å². The minimum atomic E-state index is 1.07. The van der Waals surface area contributed by atoms with Gasteiger partial charge in [0, 0.05) is 6.20 Å². The summed E-state index contributed by atoms with van der Waals surface area (Å²) in [6.45, 7) is 4.19. The van der Waals surface area contributed by atoms with Gasteiger partial charge in [0.1, 0.15) is 0 Å². The molecular formula is C10H13N. The zero-order valence-corrected chi connectivity index (χ0v) is 7.04. The maximum absolute atomic E-state index is 4.23. The van der Waals surface area contributed by atoms with Gasteiger partial charge >= 0.3 is 0 Å². The quantitative estimate of drug-likeness (QED) is 0.626. The molecule has 0 atom stereocenters. The van der Waals surface area contributed by atoms with Crippen molar-refractivity contribution >= 4 is 6.08 Å². The summed E-state index contributed by atoms with van der Waals surface area (Å²) in [6, 6.07) is 4.03. The smallest absolute Gasteiger partial charge is 0.0655 e. The zero-order valence-electron chi connectivity index (χ0n) is 7.04. The second-order valence-electron chi connectivity index (χ2n) is 2.52. The number of allylic oxidation sites excluding steroid dienone is 1. The molecule has 0 aromatic carbocycles. The van der Waals surface area contributed by atoms with Crippen molar-refractivity contribution in [3.05, 3.63) is 35.7 Å². The normalized spacial score (nSPS) is 10.7. The van der Waals surface area contributed by atoms with Gasteiger partial charge < -0.3 is 0 Å². The first-order valence-corrected chi connectivity index (χ1v) is 3.92. The molecule has 0 fully saturated rings. The summed E-state index contributed by atoms with van der Waals surface area (Å²) in [7, 11) is 0. The summed E-state index contributed by atoms with van der Waals surface area (Å²) >= 11 is 0. The SMILES string of the molecule is CC/C=C\c1ncccc1C. The maximum Gasteiger partial charge on any atom is 0.0655 e. The van der Waals surface area contributed by atoms with Crippen LogP contribution in [0.1, 0.15) is 24.6 Å². The number of aryl methyl sites for hydroxylation is 1. The van der Waals surface area contributed by atoms with E-state index in [4.69, 9.17) is 0 Å². The van der Waals surface area contributed by atoms with Crippen molar-refractivity contribution in [3.8, 4) is 0 Å². The van der Waals surface area contributed by atoms with Gasteiger partial charge in [0.15, 0.2) is 0 Å². The van der Waals surface area contributed by atoms with Gasteiger partial charge in [-0.1, -0.05) is 19.1 Å². The molecule has 0 aliphatic carbocycles. The van der Waals surface area contributed by atoms with E-state index in [-0.39, 0.29) is 0 Å². The van der Waals surface area contributed by atoms with Gasteiger partial charge in [-0.15, -0.1) is 0 Å². The van der Waals surface area contributed by atoms with Crippen LogP contribution < -0.4 is 0 Å². The van der Waals surface area contributed by atoms with Crippen LogP contribution in [-0.4, -0.2) is 4.98 Å². The van der Waals surface area contributed by atoms with Crippen LogP contribution in [0.25, 0.3) is 6.08 Å². The number of pyridine rings is 1. The molecule has 0 N–H and O–H groups in total. The minimum Gasteiger partial charge on any atom is -0.257 e. The molecule has 11 heavy (non-hydrogen) atoms. The number of nitrogens with zero attached hydrogens (tertiary/aromatic N) is 1. The Bertz CT molecular complexity index is 251. The predicted molar refractivity (Wildman–Crippen MR) is 48.3 cm³/mol. The molecule has 1 aromatic heterocycles. The largest absolute Gasteiger partial charge is 0.257 e. The molecule has 0 unspecified atom stereocenters. The number of rotatable bonds is 2. The Balaban J connectivity index is 2.86. The van der Waals surface area contributed by atoms with E-state index in [1.54, 1.807) is 0 Å². The third-order valence-corrected chi connectivity index (χ3v) is 1.56. The Kier molecular flexibility index (Phi) is 2.84. The van der Waals surface area contributed by atoms with Crippen molar-refractivity contribution in [2.24, 2.45) is 0 Å². The highest BCUT2D eigenvalue weighted by Gasteiger charge is 1.90. The van der Waals surface area contributed by atoms with Crippen LogP contribution in [0.5, 0.6) is 0 Å². The van der Waals surface area contributed by atoms with E-state index in [0.29, 0.717) is 0 Å². The summed E-state index contributed by atoms with van der Waals surface area (Å²) in [6.07, 6.45) is 7.07. The van der Waals surface area contributed by atoms with Crippen LogP contribution in [0, 0.1) is 6.92 Å². The first-order valence-electron chi connectivity index (χ1n) is 3.92. The van der Waals surface area contributed by atoms with Crippen LogP contribution in [0.4, 0.5) is 0 Å². The third kappa shape index (κ3) is 2.19. The lowest BCUT2D eigenvalue weighted by atomic mass is 10.2. The molecule has 58 valence electrons. The molecule has 0 aliphatic rings. The monoisotopic (exact) mass is 147 g/mol. The molecule has 0 aliphatic heterocycles. The number of hydrogen-bond acceptors (Lipinski definition) is 1. The van der Waals surface area contributed by atoms with Crippen molar-refractivity contribution in [2.45, 2.75) is 20.3 Å². The molecular weight excluding hydrogens is 134 g/mol. The fourth-order valence-electron chi connectivity index (χ4n) is 0.902. The fraction of sp³-hybridized carbons (Fsp3) is 0.300. The average molecular weight is 147 g/mol. The second kappa shape index (κ2) is 3.91. The molecule has 0 bridgehead atoms. The maximum atomic E-state index is 4.23. The van der Waals surface area contributed by atoms with Gasteiger partial charge in [-0.2, -0.15) is 0 Å². The van der Waals surface area contributed by atoms with Crippen LogP contribution in [0.3, 0.4) is 0 Å². The summed E-state index contributed by atoms with van der Waals surface area (Å²) in [5.41, 5.74) is 2.31. The van der Waals surface area contributed by atoms with E-state index < -0.39 is 0 Å². The van der Waals surface area contributed by atoms with Gasteiger partial charge in [-0.3, -0.25) is 4.98 Å². The summed E-state index contributed by atoms with van der Waals surface area (Å²) < 4.78 is 0. The summed E-state index contributed by atoms with van der Waals surface area (Å²) in [5.74, 6) is 0. The van der Waals surface area contributed by atoms with Crippen LogP contribution >= 0.6 is 0 Å². The molecule has 0 amide bonds. The number of aromatic nitrogens is 1. The lowest BCUT2D eigenvalue weighted by Gasteiger charge is -1.95. The highest BCUT2D eigenvalue weighted by atomic mass is 14.7. The summed E-state index contributed by atoms with van der Waals surface area (Å²) in [4.78, 5) is 4.23. The van der Waals surface area contributed by atoms with Gasteiger partial charge in [0.2, 0.25) is 0 Å². The van der Waals surface area contributed by atoms with E-state index in [1.165, 1.54) is 5.56 Å². The van der Waals surface area contributed by atoms with Gasteiger partial charge in [0.05, 0.1) is 5.69 Å². The molecule has 0 saturated carbocycles. The standard InChI is InChI=1S/C10H13N/c1-3-4-7-10-9(2)6-5-8-11-10/h4-8H,3H2,1-2H3/b7-4-. The zero-order chi connectivity index (χ0) is 8.10. The van der Waals surface area contributed by atoms with Crippen LogP contribution in [0.2, 0.25) is 0 Å². The Labute approximate surface area is 67.8 Å². The van der Waals surface area contributed by atoms with Crippen molar-refractivity contribution in [3.63, 3.8) is 0 Å². The lowest BCUT2D eigenvalue weighted by Crippen LogP contribution is -1.83.